The highest BCUT2D eigenvalue weighted by molar-refractivity contribution is 7.58. The van der Waals surface area contributed by atoms with Gasteiger partial charge in [0.25, 0.3) is 5.91 Å². The van der Waals surface area contributed by atoms with Crippen molar-refractivity contribution in [2.45, 2.75) is 38.6 Å². The van der Waals surface area contributed by atoms with Gasteiger partial charge < -0.3 is 25.2 Å². The van der Waals surface area contributed by atoms with E-state index >= 15 is 0 Å². The van der Waals surface area contributed by atoms with Gasteiger partial charge in [0, 0.05) is 32.1 Å². The Labute approximate surface area is 256 Å². The Morgan fingerprint density at radius 2 is 1.96 bits per heavy atom. The molecule has 0 radical (unpaired) electrons. The minimum atomic E-state index is -4.82. The van der Waals surface area contributed by atoms with E-state index in [0.29, 0.717) is 54.4 Å². The SMILES string of the molecule is CCCP1(=O)Cc2ccc(c(OC)c2)Nc2ncc(C(F)(F)F)c(n2)Nc2ccc(nc2C(=O)NC)-c2cn(nn2)CCCO1. The van der Waals surface area contributed by atoms with E-state index < -0.39 is 30.8 Å². The molecule has 8 bridgehead atoms. The first-order chi connectivity index (χ1) is 21.5. The van der Waals surface area contributed by atoms with E-state index in [0.717, 1.165) is 0 Å². The molecule has 3 aromatic heterocycles. The molecule has 8 rings (SSSR count). The second-order valence-electron chi connectivity index (χ2n) is 10.2. The lowest BCUT2D eigenvalue weighted by atomic mass is 10.2. The van der Waals surface area contributed by atoms with Crippen LogP contribution in [0.1, 0.15) is 41.4 Å². The second-order valence-corrected chi connectivity index (χ2v) is 12.8. The maximum absolute atomic E-state index is 14.0. The molecule has 4 aliphatic heterocycles. The molecule has 238 valence electrons. The number of hydrogen-bond donors (Lipinski definition) is 3. The Bertz CT molecular complexity index is 1750. The van der Waals surface area contributed by atoms with Crippen molar-refractivity contribution >= 4 is 36.4 Å². The van der Waals surface area contributed by atoms with Crippen molar-refractivity contribution in [1.82, 2.24) is 35.3 Å². The standard InChI is InChI=1S/C28H31F3N9O4P/c1-4-12-45(42)16-17-6-7-20(23(13-17)43-3)36-27-33-14-18(28(29,30)31)25(37-27)35-21-9-8-19(34-24(21)26(41)32-2)22-15-40(39-38-22)10-5-11-44-45/h6-9,13-15H,4-5,10-12,16H2,1-3H3,(H,32,41)(H2,33,35,36,37). The molecule has 1 amide bonds. The van der Waals surface area contributed by atoms with Gasteiger partial charge in [-0.2, -0.15) is 18.2 Å². The molecule has 0 saturated carbocycles. The maximum Gasteiger partial charge on any atom is 0.421 e. The fourth-order valence-electron chi connectivity index (χ4n) is 4.71. The molecule has 1 aromatic carbocycles. The first-order valence-electron chi connectivity index (χ1n) is 14.0. The molecule has 0 spiro atoms. The molecule has 3 N–H and O–H groups in total. The number of rotatable bonds is 4. The molecule has 0 saturated heterocycles. The summed E-state index contributed by atoms with van der Waals surface area (Å²) < 4.78 is 68.9. The van der Waals surface area contributed by atoms with E-state index in [1.54, 1.807) is 29.1 Å². The number of halogens is 3. The second kappa shape index (κ2) is 13.2. The number of nitrogens with zero attached hydrogens (tertiary/aromatic N) is 6. The number of benzene rings is 1. The zero-order valence-electron chi connectivity index (χ0n) is 24.7. The summed E-state index contributed by atoms with van der Waals surface area (Å²) in [5, 5.41) is 16.2. The number of methoxy groups -OCH3 is 1. The molecule has 7 heterocycles. The third kappa shape index (κ3) is 7.40. The van der Waals surface area contributed by atoms with Crippen LogP contribution in [0.15, 0.2) is 42.7 Å². The number of carbonyl (C=O) groups excluding carboxylic acids is 1. The first-order valence-corrected chi connectivity index (χ1v) is 16.0. The molecule has 0 aliphatic carbocycles. The van der Waals surface area contributed by atoms with Crippen molar-refractivity contribution in [3.8, 4) is 17.1 Å². The zero-order chi connectivity index (χ0) is 32.2. The number of pyridine rings is 1. The largest absolute Gasteiger partial charge is 0.495 e. The molecule has 45 heavy (non-hydrogen) atoms. The number of hydrogen-bond acceptors (Lipinski definition) is 11. The van der Waals surface area contributed by atoms with Crippen LogP contribution in [0.5, 0.6) is 5.75 Å². The monoisotopic (exact) mass is 645 g/mol. The highest BCUT2D eigenvalue weighted by Crippen LogP contribution is 2.51. The lowest BCUT2D eigenvalue weighted by Gasteiger charge is -2.20. The van der Waals surface area contributed by atoms with Crippen molar-refractivity contribution in [3.63, 3.8) is 0 Å². The summed E-state index contributed by atoms with van der Waals surface area (Å²) in [7, 11) is -0.257. The molecular formula is C28H31F3N9O4P. The molecular weight excluding hydrogens is 614 g/mol. The van der Waals surface area contributed by atoms with E-state index in [1.807, 2.05) is 6.92 Å². The van der Waals surface area contributed by atoms with Crippen molar-refractivity contribution in [1.29, 1.82) is 0 Å². The normalized spacial score (nSPS) is 17.0. The van der Waals surface area contributed by atoms with Crippen molar-refractivity contribution in [2.75, 3.05) is 37.6 Å². The number of nitrogens with one attached hydrogen (secondary N) is 3. The fourth-order valence-corrected chi connectivity index (χ4v) is 6.99. The lowest BCUT2D eigenvalue weighted by molar-refractivity contribution is -0.137. The smallest absolute Gasteiger partial charge is 0.421 e. The molecule has 0 fully saturated rings. The highest BCUT2D eigenvalue weighted by atomic mass is 31.2. The van der Waals surface area contributed by atoms with Gasteiger partial charge in [-0.3, -0.25) is 14.0 Å². The number of aryl methyl sites for hydroxylation is 1. The van der Waals surface area contributed by atoms with Crippen molar-refractivity contribution < 1.29 is 31.8 Å². The van der Waals surface area contributed by atoms with Crippen molar-refractivity contribution in [2.24, 2.45) is 0 Å². The first kappa shape index (κ1) is 31.9. The minimum absolute atomic E-state index is 0.0293. The van der Waals surface area contributed by atoms with Gasteiger partial charge in [-0.05, 0) is 42.7 Å². The average molecular weight is 646 g/mol. The van der Waals surface area contributed by atoms with Crippen LogP contribution in [0.4, 0.5) is 36.3 Å². The van der Waals surface area contributed by atoms with Crippen LogP contribution in [0.3, 0.4) is 0 Å². The molecule has 4 aliphatic rings. The lowest BCUT2D eigenvalue weighted by Crippen LogP contribution is -2.21. The number of aromatic nitrogens is 6. The molecule has 1 unspecified atom stereocenters. The third-order valence-electron chi connectivity index (χ3n) is 6.84. The quantitative estimate of drug-likeness (QED) is 0.237. The van der Waals surface area contributed by atoms with Gasteiger partial charge in [-0.1, -0.05) is 18.2 Å². The van der Waals surface area contributed by atoms with E-state index in [1.165, 1.54) is 26.3 Å². The molecule has 1 atom stereocenters. The average Bonchev–Trinajstić information content (AvgIpc) is 3.48. The van der Waals surface area contributed by atoms with E-state index in [9.17, 15) is 22.5 Å². The van der Waals surface area contributed by atoms with Gasteiger partial charge in [0.15, 0.2) is 5.69 Å². The summed E-state index contributed by atoms with van der Waals surface area (Å²) in [5.41, 5.74) is 0.295. The van der Waals surface area contributed by atoms with Crippen LogP contribution in [-0.4, -0.2) is 62.8 Å². The van der Waals surface area contributed by atoms with Crippen LogP contribution in [0.2, 0.25) is 0 Å². The molecule has 4 aromatic rings. The molecule has 13 nitrogen and oxygen atoms in total. The topological polar surface area (TPSA) is 158 Å². The molecule has 17 heteroatoms. The Hall–Kier alpha value is -4.56. The summed E-state index contributed by atoms with van der Waals surface area (Å²) in [6.07, 6.45) is -0.849. The van der Waals surface area contributed by atoms with E-state index in [-0.39, 0.29) is 35.8 Å². The third-order valence-corrected chi connectivity index (χ3v) is 9.47. The Morgan fingerprint density at radius 1 is 1.16 bits per heavy atom. The number of carbonyl (C=O) groups is 1. The Kier molecular flexibility index (Phi) is 9.34. The van der Waals surface area contributed by atoms with Crippen LogP contribution in [0, 0.1) is 0 Å². The van der Waals surface area contributed by atoms with Crippen LogP contribution in [-0.2, 0) is 28.0 Å². The van der Waals surface area contributed by atoms with Gasteiger partial charge in [0.2, 0.25) is 13.3 Å². The van der Waals surface area contributed by atoms with Gasteiger partial charge in [-0.15, -0.1) is 5.10 Å². The van der Waals surface area contributed by atoms with Gasteiger partial charge >= 0.3 is 6.18 Å². The number of ether oxygens (including phenoxy) is 1. The van der Waals surface area contributed by atoms with Crippen LogP contribution < -0.4 is 20.7 Å². The summed E-state index contributed by atoms with van der Waals surface area (Å²) in [6.45, 7) is 2.57. The Morgan fingerprint density at radius 3 is 2.69 bits per heavy atom. The minimum Gasteiger partial charge on any atom is -0.495 e. The van der Waals surface area contributed by atoms with Gasteiger partial charge in [0.05, 0.1) is 37.0 Å². The zero-order valence-corrected chi connectivity index (χ0v) is 25.6. The highest BCUT2D eigenvalue weighted by Gasteiger charge is 2.36. The van der Waals surface area contributed by atoms with Crippen LogP contribution >= 0.6 is 7.37 Å². The van der Waals surface area contributed by atoms with Gasteiger partial charge in [0.1, 0.15) is 22.8 Å². The number of amides is 1. The predicted molar refractivity (Wildman–Crippen MR) is 160 cm³/mol. The summed E-state index contributed by atoms with van der Waals surface area (Å²) >= 11 is 0. The number of anilines is 4. The van der Waals surface area contributed by atoms with E-state index in [2.05, 4.69) is 41.2 Å². The summed E-state index contributed by atoms with van der Waals surface area (Å²) in [6, 6.07) is 7.96. The van der Waals surface area contributed by atoms with E-state index in [4.69, 9.17) is 9.26 Å². The summed E-state index contributed by atoms with van der Waals surface area (Å²) in [5.74, 6) is -1.11. The fraction of sp³-hybridized carbons (Fsp3) is 0.357. The summed E-state index contributed by atoms with van der Waals surface area (Å²) in [4.78, 5) is 25.1. The van der Waals surface area contributed by atoms with Gasteiger partial charge in [-0.25, -0.2) is 9.97 Å². The van der Waals surface area contributed by atoms with Crippen LogP contribution in [0.25, 0.3) is 11.4 Å². The maximum atomic E-state index is 14.0. The number of alkyl halides is 3. The van der Waals surface area contributed by atoms with Crippen molar-refractivity contribution in [3.05, 3.63) is 59.5 Å². The Balaban J connectivity index is 1.62. The predicted octanol–water partition coefficient (Wildman–Crippen LogP) is 5.61.